The first-order valence-corrected chi connectivity index (χ1v) is 5.90. The molecule has 0 atom stereocenters. The molecule has 0 unspecified atom stereocenters. The Hall–Kier alpha value is -0.900. The van der Waals surface area contributed by atoms with Gasteiger partial charge in [-0.15, -0.1) is 0 Å². The summed E-state index contributed by atoms with van der Waals surface area (Å²) in [5.74, 6) is 0. The van der Waals surface area contributed by atoms with Gasteiger partial charge in [0.15, 0.2) is 0 Å². The average Bonchev–Trinajstić information content (AvgIpc) is 1.91. The lowest BCUT2D eigenvalue weighted by Gasteiger charge is -1.98. The minimum Gasteiger partial charge on any atom is -0.262 e. The molecule has 0 spiro atoms. The highest BCUT2D eigenvalue weighted by atomic mass is 32.2. The molecule has 0 radical (unpaired) electrons. The Morgan fingerprint density at radius 1 is 1.50 bits per heavy atom. The second-order valence-corrected chi connectivity index (χ2v) is 5.48. The highest BCUT2D eigenvalue weighted by Gasteiger charge is 1.96. The van der Waals surface area contributed by atoms with Gasteiger partial charge in [-0.25, -0.2) is 4.21 Å². The zero-order valence-corrected chi connectivity index (χ0v) is 8.26. The molecule has 1 aromatic heterocycles. The lowest BCUT2D eigenvalue weighted by molar-refractivity contribution is 0.684. The monoisotopic (exact) mass is 184 g/mol. The van der Waals surface area contributed by atoms with Crippen LogP contribution in [-0.2, 0) is 9.73 Å². The standard InChI is InChI=1S/C8H12N2OS/c1-7-4-5-9-6-8(7)10-12(2,3)11/h4-6H,1-3H3. The second-order valence-electron chi connectivity index (χ2n) is 2.93. The van der Waals surface area contributed by atoms with Crippen LogP contribution in [0.25, 0.3) is 0 Å². The van der Waals surface area contributed by atoms with Gasteiger partial charge < -0.3 is 0 Å². The van der Waals surface area contributed by atoms with Crippen molar-refractivity contribution in [2.45, 2.75) is 6.92 Å². The number of rotatable bonds is 1. The molecule has 3 nitrogen and oxygen atoms in total. The van der Waals surface area contributed by atoms with Crippen molar-refractivity contribution in [2.75, 3.05) is 12.5 Å². The number of pyridine rings is 1. The van der Waals surface area contributed by atoms with E-state index in [2.05, 4.69) is 9.35 Å². The van der Waals surface area contributed by atoms with E-state index in [0.29, 0.717) is 5.69 Å². The molecule has 12 heavy (non-hydrogen) atoms. The van der Waals surface area contributed by atoms with Crippen LogP contribution in [0.1, 0.15) is 5.56 Å². The number of hydrogen-bond donors (Lipinski definition) is 0. The molecule has 0 N–H and O–H groups in total. The summed E-state index contributed by atoms with van der Waals surface area (Å²) in [4.78, 5) is 3.91. The SMILES string of the molecule is Cc1ccncc1N=S(C)(C)=O. The highest BCUT2D eigenvalue weighted by Crippen LogP contribution is 2.16. The van der Waals surface area contributed by atoms with Crippen LogP contribution < -0.4 is 0 Å². The van der Waals surface area contributed by atoms with Gasteiger partial charge in [-0.2, -0.15) is 4.36 Å². The van der Waals surface area contributed by atoms with Crippen molar-refractivity contribution >= 4 is 15.4 Å². The Labute approximate surface area is 73.0 Å². The molecule has 0 saturated carbocycles. The highest BCUT2D eigenvalue weighted by molar-refractivity contribution is 7.92. The van der Waals surface area contributed by atoms with E-state index in [9.17, 15) is 4.21 Å². The maximum Gasteiger partial charge on any atom is 0.0942 e. The Morgan fingerprint density at radius 3 is 2.67 bits per heavy atom. The molecule has 0 amide bonds. The minimum absolute atomic E-state index is 0.715. The zero-order chi connectivity index (χ0) is 9.19. The van der Waals surface area contributed by atoms with Crippen LogP contribution in [0.5, 0.6) is 0 Å². The van der Waals surface area contributed by atoms with Gasteiger partial charge in [0.1, 0.15) is 0 Å². The van der Waals surface area contributed by atoms with Gasteiger partial charge in [-0.05, 0) is 18.6 Å². The lowest BCUT2D eigenvalue weighted by atomic mass is 10.3. The smallest absolute Gasteiger partial charge is 0.0942 e. The van der Waals surface area contributed by atoms with Gasteiger partial charge in [0.2, 0.25) is 0 Å². The van der Waals surface area contributed by atoms with Gasteiger partial charge in [0, 0.05) is 28.4 Å². The fourth-order valence-electron chi connectivity index (χ4n) is 0.788. The summed E-state index contributed by atoms with van der Waals surface area (Å²) in [6.45, 7) is 1.92. The molecule has 0 saturated heterocycles. The third-order valence-corrected chi connectivity index (χ3v) is 1.97. The maximum absolute atomic E-state index is 11.3. The zero-order valence-electron chi connectivity index (χ0n) is 7.44. The fraction of sp³-hybridized carbons (Fsp3) is 0.375. The second kappa shape index (κ2) is 3.23. The van der Waals surface area contributed by atoms with E-state index in [1.807, 2.05) is 13.0 Å². The van der Waals surface area contributed by atoms with E-state index in [1.165, 1.54) is 0 Å². The van der Waals surface area contributed by atoms with E-state index < -0.39 is 9.73 Å². The fourth-order valence-corrected chi connectivity index (χ4v) is 1.45. The van der Waals surface area contributed by atoms with Crippen molar-refractivity contribution in [3.8, 4) is 0 Å². The van der Waals surface area contributed by atoms with Crippen molar-refractivity contribution in [1.29, 1.82) is 0 Å². The van der Waals surface area contributed by atoms with Crippen LogP contribution in [-0.4, -0.2) is 21.7 Å². The predicted molar refractivity (Wildman–Crippen MR) is 51.1 cm³/mol. The molecule has 1 aromatic rings. The van der Waals surface area contributed by atoms with Crippen molar-refractivity contribution in [3.63, 3.8) is 0 Å². The van der Waals surface area contributed by atoms with Gasteiger partial charge in [-0.1, -0.05) is 0 Å². The molecule has 0 aliphatic carbocycles. The first-order valence-electron chi connectivity index (χ1n) is 3.57. The summed E-state index contributed by atoms with van der Waals surface area (Å²) in [5, 5.41) is 0. The Bertz CT molecular complexity index is 384. The number of nitrogens with zero attached hydrogens (tertiary/aromatic N) is 2. The number of hydrogen-bond acceptors (Lipinski definition) is 3. The van der Waals surface area contributed by atoms with Gasteiger partial charge in [0.25, 0.3) is 0 Å². The lowest BCUT2D eigenvalue weighted by Crippen LogP contribution is -1.90. The Morgan fingerprint density at radius 2 is 2.17 bits per heavy atom. The van der Waals surface area contributed by atoms with Crippen LogP contribution in [0.3, 0.4) is 0 Å². The van der Waals surface area contributed by atoms with E-state index in [-0.39, 0.29) is 0 Å². The molecular weight excluding hydrogens is 172 g/mol. The summed E-state index contributed by atoms with van der Waals surface area (Å²) < 4.78 is 15.4. The third-order valence-electron chi connectivity index (χ3n) is 1.33. The molecule has 1 heterocycles. The summed E-state index contributed by atoms with van der Waals surface area (Å²) in [5.41, 5.74) is 1.72. The van der Waals surface area contributed by atoms with Crippen molar-refractivity contribution < 1.29 is 4.21 Å². The normalized spacial score (nSPS) is 11.2. The summed E-state index contributed by atoms with van der Waals surface area (Å²) in [6.07, 6.45) is 6.54. The summed E-state index contributed by atoms with van der Waals surface area (Å²) in [6, 6.07) is 1.85. The van der Waals surface area contributed by atoms with E-state index in [0.717, 1.165) is 5.56 Å². The molecule has 0 aliphatic rings. The molecule has 4 heteroatoms. The Kier molecular flexibility index (Phi) is 2.47. The van der Waals surface area contributed by atoms with Crippen LogP contribution >= 0.6 is 0 Å². The molecule has 0 bridgehead atoms. The maximum atomic E-state index is 11.3. The first-order chi connectivity index (χ1) is 5.49. The predicted octanol–water partition coefficient (Wildman–Crippen LogP) is 1.75. The minimum atomic E-state index is -2.06. The third kappa shape index (κ3) is 2.62. The van der Waals surface area contributed by atoms with Gasteiger partial charge in [0.05, 0.1) is 11.9 Å². The van der Waals surface area contributed by atoms with Gasteiger partial charge in [-0.3, -0.25) is 4.98 Å². The quantitative estimate of drug-likeness (QED) is 0.667. The van der Waals surface area contributed by atoms with E-state index in [4.69, 9.17) is 0 Å². The molecule has 0 aliphatic heterocycles. The van der Waals surface area contributed by atoms with E-state index >= 15 is 0 Å². The van der Waals surface area contributed by atoms with Crippen LogP contribution in [0, 0.1) is 6.92 Å². The van der Waals surface area contributed by atoms with Crippen molar-refractivity contribution in [2.24, 2.45) is 4.36 Å². The topological polar surface area (TPSA) is 42.3 Å². The van der Waals surface area contributed by atoms with Crippen molar-refractivity contribution in [3.05, 3.63) is 24.0 Å². The van der Waals surface area contributed by atoms with Crippen molar-refractivity contribution in [1.82, 2.24) is 4.98 Å². The summed E-state index contributed by atoms with van der Waals surface area (Å²) in [7, 11) is -2.06. The summed E-state index contributed by atoms with van der Waals surface area (Å²) >= 11 is 0. The first kappa shape index (κ1) is 9.19. The molecule has 1 rings (SSSR count). The largest absolute Gasteiger partial charge is 0.262 e. The Balaban J connectivity index is 3.23. The molecule has 66 valence electrons. The van der Waals surface area contributed by atoms with E-state index in [1.54, 1.807) is 24.9 Å². The number of aromatic nitrogens is 1. The molecule has 0 fully saturated rings. The van der Waals surface area contributed by atoms with Gasteiger partial charge >= 0.3 is 0 Å². The van der Waals surface area contributed by atoms with Crippen LogP contribution in [0.15, 0.2) is 22.8 Å². The molecule has 0 aromatic carbocycles. The van der Waals surface area contributed by atoms with Crippen LogP contribution in [0.4, 0.5) is 5.69 Å². The van der Waals surface area contributed by atoms with Crippen LogP contribution in [0.2, 0.25) is 0 Å². The number of aryl methyl sites for hydroxylation is 1. The molecular formula is C8H12N2OS. The average molecular weight is 184 g/mol.